The van der Waals surface area contributed by atoms with Crippen LogP contribution in [0.4, 0.5) is 0 Å². The molecule has 0 fully saturated rings. The molecule has 0 aliphatic rings. The molecule has 0 aliphatic heterocycles. The van der Waals surface area contributed by atoms with E-state index >= 15 is 0 Å². The molecule has 0 spiro atoms. The van der Waals surface area contributed by atoms with Crippen LogP contribution >= 0.6 is 11.3 Å². The van der Waals surface area contributed by atoms with Gasteiger partial charge in [0.25, 0.3) is 0 Å². The van der Waals surface area contributed by atoms with E-state index in [4.69, 9.17) is 4.74 Å². The third-order valence-electron chi connectivity index (χ3n) is 1.86. The van der Waals surface area contributed by atoms with E-state index in [0.717, 1.165) is 26.1 Å². The van der Waals surface area contributed by atoms with E-state index < -0.39 is 0 Å². The second-order valence-electron chi connectivity index (χ2n) is 3.58. The van der Waals surface area contributed by atoms with Crippen molar-refractivity contribution in [2.45, 2.75) is 32.9 Å². The summed E-state index contributed by atoms with van der Waals surface area (Å²) in [7, 11) is 0. The molecule has 0 amide bonds. The van der Waals surface area contributed by atoms with E-state index in [2.05, 4.69) is 36.0 Å². The fourth-order valence-corrected chi connectivity index (χ4v) is 1.81. The normalized spacial score (nSPS) is 11.1. The highest BCUT2D eigenvalue weighted by atomic mass is 32.1. The van der Waals surface area contributed by atoms with Crippen LogP contribution in [0.15, 0.2) is 16.8 Å². The zero-order chi connectivity index (χ0) is 10.2. The highest BCUT2D eigenvalue weighted by Gasteiger charge is 1.94. The fraction of sp³-hybridized carbons (Fsp3) is 0.636. The van der Waals surface area contributed by atoms with Crippen molar-refractivity contribution >= 4 is 11.3 Å². The van der Waals surface area contributed by atoms with Gasteiger partial charge in [-0.2, -0.15) is 11.3 Å². The smallest absolute Gasteiger partial charge is 0.0518 e. The Morgan fingerprint density at radius 1 is 1.50 bits per heavy atom. The molecule has 80 valence electrons. The monoisotopic (exact) mass is 213 g/mol. The lowest BCUT2D eigenvalue weighted by Crippen LogP contribution is -2.16. The van der Waals surface area contributed by atoms with Gasteiger partial charge < -0.3 is 10.1 Å². The Morgan fingerprint density at radius 3 is 3.00 bits per heavy atom. The number of rotatable bonds is 7. The Kier molecular flexibility index (Phi) is 5.83. The summed E-state index contributed by atoms with van der Waals surface area (Å²) in [5.41, 5.74) is 1.37. The molecule has 0 aromatic carbocycles. The second-order valence-corrected chi connectivity index (χ2v) is 4.36. The zero-order valence-electron chi connectivity index (χ0n) is 8.95. The van der Waals surface area contributed by atoms with Crippen LogP contribution in [0.5, 0.6) is 0 Å². The molecule has 0 saturated heterocycles. The molecule has 0 radical (unpaired) electrons. The number of nitrogens with one attached hydrogen (secondary N) is 1. The average Bonchev–Trinajstić information content (AvgIpc) is 2.63. The van der Waals surface area contributed by atoms with Gasteiger partial charge in [0.15, 0.2) is 0 Å². The summed E-state index contributed by atoms with van der Waals surface area (Å²) in [4.78, 5) is 0. The first-order valence-corrected chi connectivity index (χ1v) is 6.06. The number of hydrogen-bond donors (Lipinski definition) is 1. The number of ether oxygens (including phenoxy) is 1. The van der Waals surface area contributed by atoms with Crippen molar-refractivity contribution in [1.82, 2.24) is 5.32 Å². The van der Waals surface area contributed by atoms with Gasteiger partial charge in [-0.3, -0.25) is 0 Å². The molecular weight excluding hydrogens is 194 g/mol. The summed E-state index contributed by atoms with van der Waals surface area (Å²) in [5, 5.41) is 7.68. The lowest BCUT2D eigenvalue weighted by atomic mass is 10.3. The van der Waals surface area contributed by atoms with Gasteiger partial charge in [0, 0.05) is 13.2 Å². The molecule has 1 N–H and O–H groups in total. The zero-order valence-corrected chi connectivity index (χ0v) is 9.77. The summed E-state index contributed by atoms with van der Waals surface area (Å²) in [6, 6.07) is 2.16. The molecule has 2 nitrogen and oxygen atoms in total. The first-order chi connectivity index (χ1) is 6.79. The van der Waals surface area contributed by atoms with Crippen LogP contribution in [-0.2, 0) is 11.3 Å². The van der Waals surface area contributed by atoms with Crippen LogP contribution < -0.4 is 5.32 Å². The van der Waals surface area contributed by atoms with Crippen LogP contribution in [0.2, 0.25) is 0 Å². The first-order valence-electron chi connectivity index (χ1n) is 5.12. The van der Waals surface area contributed by atoms with Gasteiger partial charge >= 0.3 is 0 Å². The largest absolute Gasteiger partial charge is 0.379 e. The molecular formula is C11H19NOS. The maximum Gasteiger partial charge on any atom is 0.0518 e. The Labute approximate surface area is 90.3 Å². The molecule has 1 heterocycles. The molecule has 0 bridgehead atoms. The van der Waals surface area contributed by atoms with Gasteiger partial charge in [0.1, 0.15) is 0 Å². The van der Waals surface area contributed by atoms with E-state index in [1.165, 1.54) is 5.56 Å². The van der Waals surface area contributed by atoms with Crippen LogP contribution in [0.1, 0.15) is 25.8 Å². The fourth-order valence-electron chi connectivity index (χ4n) is 1.14. The van der Waals surface area contributed by atoms with Crippen LogP contribution in [0.25, 0.3) is 0 Å². The molecule has 3 heteroatoms. The minimum atomic E-state index is 0.354. The minimum Gasteiger partial charge on any atom is -0.379 e. The summed E-state index contributed by atoms with van der Waals surface area (Å²) in [6.07, 6.45) is 1.44. The van der Waals surface area contributed by atoms with Crippen LogP contribution in [0, 0.1) is 0 Å². The van der Waals surface area contributed by atoms with E-state index in [0.29, 0.717) is 6.10 Å². The van der Waals surface area contributed by atoms with Gasteiger partial charge in [0.05, 0.1) is 6.10 Å². The Balaban J connectivity index is 1.90. The maximum atomic E-state index is 5.44. The van der Waals surface area contributed by atoms with Crippen molar-refractivity contribution < 1.29 is 4.74 Å². The molecule has 0 unspecified atom stereocenters. The lowest BCUT2D eigenvalue weighted by molar-refractivity contribution is 0.0770. The Hall–Kier alpha value is -0.380. The van der Waals surface area contributed by atoms with Gasteiger partial charge in [-0.15, -0.1) is 0 Å². The topological polar surface area (TPSA) is 21.3 Å². The lowest BCUT2D eigenvalue weighted by Gasteiger charge is -2.07. The highest BCUT2D eigenvalue weighted by molar-refractivity contribution is 7.07. The first kappa shape index (κ1) is 11.7. The quantitative estimate of drug-likeness (QED) is 0.703. The van der Waals surface area contributed by atoms with Crippen molar-refractivity contribution in [2.75, 3.05) is 13.2 Å². The molecule has 0 atom stereocenters. The SMILES string of the molecule is CC(C)OCCCNCc1ccsc1. The van der Waals surface area contributed by atoms with Crippen LogP contribution in [0.3, 0.4) is 0 Å². The molecule has 0 aliphatic carbocycles. The minimum absolute atomic E-state index is 0.354. The van der Waals surface area contributed by atoms with Crippen molar-refractivity contribution in [2.24, 2.45) is 0 Å². The molecule has 14 heavy (non-hydrogen) atoms. The molecule has 1 rings (SSSR count). The predicted molar refractivity (Wildman–Crippen MR) is 61.7 cm³/mol. The van der Waals surface area contributed by atoms with Crippen LogP contribution in [-0.4, -0.2) is 19.3 Å². The van der Waals surface area contributed by atoms with Crippen molar-refractivity contribution in [3.05, 3.63) is 22.4 Å². The van der Waals surface area contributed by atoms with Crippen molar-refractivity contribution in [3.8, 4) is 0 Å². The van der Waals surface area contributed by atoms with E-state index in [1.807, 2.05) is 0 Å². The van der Waals surface area contributed by atoms with E-state index in [-0.39, 0.29) is 0 Å². The van der Waals surface area contributed by atoms with Gasteiger partial charge in [-0.25, -0.2) is 0 Å². The summed E-state index contributed by atoms with van der Waals surface area (Å²) in [5.74, 6) is 0. The van der Waals surface area contributed by atoms with E-state index in [9.17, 15) is 0 Å². The number of hydrogen-bond acceptors (Lipinski definition) is 3. The van der Waals surface area contributed by atoms with Gasteiger partial charge in [0.2, 0.25) is 0 Å². The number of thiophene rings is 1. The molecule has 1 aromatic rings. The third-order valence-corrected chi connectivity index (χ3v) is 2.59. The Bertz CT molecular complexity index is 221. The molecule has 0 saturated carbocycles. The average molecular weight is 213 g/mol. The standard InChI is InChI=1S/C11H19NOS/c1-10(2)13-6-3-5-12-8-11-4-7-14-9-11/h4,7,9-10,12H,3,5-6,8H2,1-2H3. The third kappa shape index (κ3) is 5.37. The molecule has 1 aromatic heterocycles. The predicted octanol–water partition coefficient (Wildman–Crippen LogP) is 2.65. The van der Waals surface area contributed by atoms with Crippen molar-refractivity contribution in [1.29, 1.82) is 0 Å². The second kappa shape index (κ2) is 6.98. The highest BCUT2D eigenvalue weighted by Crippen LogP contribution is 2.04. The van der Waals surface area contributed by atoms with E-state index in [1.54, 1.807) is 11.3 Å². The van der Waals surface area contributed by atoms with Crippen molar-refractivity contribution in [3.63, 3.8) is 0 Å². The summed E-state index contributed by atoms with van der Waals surface area (Å²) < 4.78 is 5.44. The Morgan fingerprint density at radius 2 is 2.36 bits per heavy atom. The summed E-state index contributed by atoms with van der Waals surface area (Å²) in [6.45, 7) is 7.00. The van der Waals surface area contributed by atoms with Gasteiger partial charge in [-0.05, 0) is 49.2 Å². The summed E-state index contributed by atoms with van der Waals surface area (Å²) >= 11 is 1.75. The van der Waals surface area contributed by atoms with Gasteiger partial charge in [-0.1, -0.05) is 0 Å². The maximum absolute atomic E-state index is 5.44.